The molecule has 1 amide bonds. The van der Waals surface area contributed by atoms with Crippen LogP contribution in [0.2, 0.25) is 5.02 Å². The minimum atomic E-state index is -0.342. The van der Waals surface area contributed by atoms with Crippen LogP contribution in [0.15, 0.2) is 71.5 Å². The van der Waals surface area contributed by atoms with Gasteiger partial charge in [0.25, 0.3) is 11.5 Å². The van der Waals surface area contributed by atoms with Gasteiger partial charge in [0.2, 0.25) is 0 Å². The molecule has 0 saturated carbocycles. The number of aromatic nitrogens is 2. The van der Waals surface area contributed by atoms with Crippen molar-refractivity contribution in [3.05, 3.63) is 98.9 Å². The number of nitrogens with one attached hydrogen (secondary N) is 1. The van der Waals surface area contributed by atoms with Crippen LogP contribution in [0.5, 0.6) is 0 Å². The quantitative estimate of drug-likeness (QED) is 0.650. The maximum Gasteiger partial charge on any atom is 0.271 e. The Morgan fingerprint density at radius 3 is 2.45 bits per heavy atom. The van der Waals surface area contributed by atoms with Crippen LogP contribution >= 0.6 is 11.6 Å². The molecule has 0 radical (unpaired) electrons. The zero-order chi connectivity index (χ0) is 20.8. The van der Waals surface area contributed by atoms with E-state index in [0.717, 1.165) is 11.1 Å². The molecule has 0 saturated heterocycles. The zero-order valence-electron chi connectivity index (χ0n) is 16.4. The van der Waals surface area contributed by atoms with Gasteiger partial charge in [-0.05, 0) is 37.4 Å². The molecule has 0 bridgehead atoms. The van der Waals surface area contributed by atoms with Crippen LogP contribution in [-0.2, 0) is 6.54 Å². The van der Waals surface area contributed by atoms with E-state index in [9.17, 15) is 9.59 Å². The topological polar surface area (TPSA) is 67.2 Å². The maximum atomic E-state index is 12.7. The van der Waals surface area contributed by atoms with Gasteiger partial charge in [-0.3, -0.25) is 9.59 Å². The average Bonchev–Trinajstić information content (AvgIpc) is 2.71. The summed E-state index contributed by atoms with van der Waals surface area (Å²) in [6.07, 6.45) is 0. The first-order valence-corrected chi connectivity index (χ1v) is 9.64. The molecule has 1 unspecified atom stereocenters. The maximum absolute atomic E-state index is 12.7. The van der Waals surface area contributed by atoms with Crippen molar-refractivity contribution in [2.24, 2.45) is 0 Å². The number of halogens is 1. The van der Waals surface area contributed by atoms with Gasteiger partial charge < -0.3 is 10.2 Å². The third-order valence-corrected chi connectivity index (χ3v) is 4.96. The number of benzene rings is 2. The van der Waals surface area contributed by atoms with Gasteiger partial charge in [0.05, 0.1) is 12.6 Å². The normalized spacial score (nSPS) is 12.0. The second-order valence-electron chi connectivity index (χ2n) is 6.91. The Morgan fingerprint density at radius 1 is 1.07 bits per heavy atom. The molecule has 0 fully saturated rings. The van der Waals surface area contributed by atoms with Gasteiger partial charge in [0.15, 0.2) is 0 Å². The second kappa shape index (κ2) is 9.49. The van der Waals surface area contributed by atoms with Crippen molar-refractivity contribution in [2.75, 3.05) is 20.6 Å². The van der Waals surface area contributed by atoms with Crippen molar-refractivity contribution in [1.29, 1.82) is 0 Å². The van der Waals surface area contributed by atoms with E-state index in [-0.39, 0.29) is 23.2 Å². The second-order valence-corrected chi connectivity index (χ2v) is 7.32. The molecule has 0 aliphatic carbocycles. The molecular formula is C22H23ClN4O2. The minimum Gasteiger partial charge on any atom is -0.349 e. The number of likely N-dealkylation sites (N-methyl/N-ethyl adjacent to an activating group) is 1. The Balaban J connectivity index is 1.74. The average molecular weight is 411 g/mol. The molecule has 7 heteroatoms. The molecule has 1 aromatic heterocycles. The lowest BCUT2D eigenvalue weighted by Gasteiger charge is -2.25. The van der Waals surface area contributed by atoms with Gasteiger partial charge in [-0.1, -0.05) is 60.1 Å². The molecule has 2 aromatic carbocycles. The molecule has 3 aromatic rings. The molecule has 3 rings (SSSR count). The van der Waals surface area contributed by atoms with Crippen LogP contribution in [0.1, 0.15) is 27.7 Å². The summed E-state index contributed by atoms with van der Waals surface area (Å²) in [5.41, 5.74) is 1.80. The number of hydrogen-bond donors (Lipinski definition) is 1. The van der Waals surface area contributed by atoms with Crippen molar-refractivity contribution >= 4 is 17.5 Å². The lowest BCUT2D eigenvalue weighted by Crippen LogP contribution is -2.36. The predicted molar refractivity (Wildman–Crippen MR) is 114 cm³/mol. The number of carbonyl (C=O) groups excluding carboxylic acids is 1. The first kappa shape index (κ1) is 20.8. The van der Waals surface area contributed by atoms with Gasteiger partial charge in [-0.2, -0.15) is 5.10 Å². The molecule has 1 heterocycles. The number of nitrogens with zero attached hydrogens (tertiary/aromatic N) is 3. The molecule has 6 nitrogen and oxygen atoms in total. The van der Waals surface area contributed by atoms with Crippen molar-refractivity contribution in [2.45, 2.75) is 12.6 Å². The number of rotatable bonds is 7. The summed E-state index contributed by atoms with van der Waals surface area (Å²) in [6, 6.07) is 19.8. The van der Waals surface area contributed by atoms with Crippen molar-refractivity contribution in [3.8, 4) is 0 Å². The van der Waals surface area contributed by atoms with Gasteiger partial charge in [0, 0.05) is 17.6 Å². The highest BCUT2D eigenvalue weighted by atomic mass is 35.5. The third kappa shape index (κ3) is 5.31. The van der Waals surface area contributed by atoms with E-state index in [0.29, 0.717) is 18.1 Å². The van der Waals surface area contributed by atoms with Gasteiger partial charge in [0.1, 0.15) is 5.69 Å². The monoisotopic (exact) mass is 410 g/mol. The van der Waals surface area contributed by atoms with Crippen LogP contribution in [-0.4, -0.2) is 41.2 Å². The summed E-state index contributed by atoms with van der Waals surface area (Å²) in [5.74, 6) is -0.342. The smallest absolute Gasteiger partial charge is 0.271 e. The van der Waals surface area contributed by atoms with E-state index < -0.39 is 0 Å². The van der Waals surface area contributed by atoms with E-state index in [2.05, 4.69) is 10.4 Å². The highest BCUT2D eigenvalue weighted by Crippen LogP contribution is 2.25. The predicted octanol–water partition coefficient (Wildman–Crippen LogP) is 2.98. The molecular weight excluding hydrogens is 388 g/mol. The van der Waals surface area contributed by atoms with Gasteiger partial charge >= 0.3 is 0 Å². The van der Waals surface area contributed by atoms with Crippen LogP contribution in [0.3, 0.4) is 0 Å². The summed E-state index contributed by atoms with van der Waals surface area (Å²) < 4.78 is 1.29. The SMILES string of the molecule is CN(C)C(CNC(=O)c1ccc(=O)n(Cc2ccccc2)n1)c1ccccc1Cl. The fourth-order valence-electron chi connectivity index (χ4n) is 3.04. The van der Waals surface area contributed by atoms with Crippen molar-refractivity contribution in [3.63, 3.8) is 0 Å². The Morgan fingerprint density at radius 2 is 1.76 bits per heavy atom. The molecule has 1 N–H and O–H groups in total. The largest absolute Gasteiger partial charge is 0.349 e. The first-order valence-electron chi connectivity index (χ1n) is 9.27. The Hall–Kier alpha value is -2.96. The summed E-state index contributed by atoms with van der Waals surface area (Å²) in [7, 11) is 3.86. The summed E-state index contributed by atoms with van der Waals surface area (Å²) >= 11 is 6.32. The fourth-order valence-corrected chi connectivity index (χ4v) is 3.30. The van der Waals surface area contributed by atoms with Gasteiger partial charge in [-0.25, -0.2) is 4.68 Å². The van der Waals surface area contributed by atoms with Gasteiger partial charge in [-0.15, -0.1) is 0 Å². The lowest BCUT2D eigenvalue weighted by molar-refractivity contribution is 0.0934. The van der Waals surface area contributed by atoms with E-state index in [1.165, 1.54) is 16.8 Å². The fraction of sp³-hybridized carbons (Fsp3) is 0.227. The molecule has 150 valence electrons. The molecule has 0 spiro atoms. The van der Waals surface area contributed by atoms with Crippen molar-refractivity contribution in [1.82, 2.24) is 20.0 Å². The van der Waals surface area contributed by atoms with Crippen LogP contribution < -0.4 is 10.9 Å². The molecule has 29 heavy (non-hydrogen) atoms. The molecule has 0 aliphatic heterocycles. The van der Waals surface area contributed by atoms with E-state index in [1.807, 2.05) is 73.6 Å². The molecule has 0 aliphatic rings. The third-order valence-electron chi connectivity index (χ3n) is 4.62. The first-order chi connectivity index (χ1) is 14.0. The van der Waals surface area contributed by atoms with E-state index in [1.54, 1.807) is 0 Å². The Labute approximate surface area is 174 Å². The van der Waals surface area contributed by atoms with Crippen molar-refractivity contribution < 1.29 is 4.79 Å². The molecule has 1 atom stereocenters. The lowest BCUT2D eigenvalue weighted by atomic mass is 10.1. The van der Waals surface area contributed by atoms with Crippen LogP contribution in [0.4, 0.5) is 0 Å². The standard InChI is InChI=1S/C22H23ClN4O2/c1-26(2)20(17-10-6-7-11-18(17)23)14-24-22(29)19-12-13-21(28)27(25-19)15-16-8-4-3-5-9-16/h3-13,20H,14-15H2,1-2H3,(H,24,29). The number of carbonyl (C=O) groups is 1. The Kier molecular flexibility index (Phi) is 6.80. The summed E-state index contributed by atoms with van der Waals surface area (Å²) in [6.45, 7) is 0.662. The number of hydrogen-bond acceptors (Lipinski definition) is 4. The number of amides is 1. The highest BCUT2D eigenvalue weighted by Gasteiger charge is 2.19. The van der Waals surface area contributed by atoms with E-state index in [4.69, 9.17) is 11.6 Å². The summed E-state index contributed by atoms with van der Waals surface area (Å²) in [4.78, 5) is 26.8. The van der Waals surface area contributed by atoms with E-state index >= 15 is 0 Å². The highest BCUT2D eigenvalue weighted by molar-refractivity contribution is 6.31. The van der Waals surface area contributed by atoms with Crippen LogP contribution in [0.25, 0.3) is 0 Å². The summed E-state index contributed by atoms with van der Waals surface area (Å²) in [5, 5.41) is 7.78. The van der Waals surface area contributed by atoms with Crippen LogP contribution in [0, 0.1) is 0 Å². The minimum absolute atomic E-state index is 0.0946. The Bertz CT molecular complexity index is 1030. The zero-order valence-corrected chi connectivity index (χ0v) is 17.1.